The maximum absolute atomic E-state index is 10.1. The minimum absolute atomic E-state index is 0.174. The topological polar surface area (TPSA) is 35.5 Å². The van der Waals surface area contributed by atoms with E-state index < -0.39 is 5.97 Å². The molecule has 0 saturated carbocycles. The van der Waals surface area contributed by atoms with Crippen LogP contribution >= 0.6 is 0 Å². The molecule has 0 aliphatic heterocycles. The minimum Gasteiger partial charge on any atom is -0.466 e. The number of methoxy groups -OCH3 is 1. The second kappa shape index (κ2) is 4.00. The maximum atomic E-state index is 10.1. The van der Waals surface area contributed by atoms with Crippen molar-refractivity contribution in [2.75, 3.05) is 13.7 Å². The molecule has 0 bridgehead atoms. The van der Waals surface area contributed by atoms with E-state index in [4.69, 9.17) is 0 Å². The van der Waals surface area contributed by atoms with E-state index in [9.17, 15) is 4.79 Å². The summed E-state index contributed by atoms with van der Waals surface area (Å²) in [5.74, 6) is -0.469. The second-order valence-corrected chi connectivity index (χ2v) is 0.983. The van der Waals surface area contributed by atoms with Crippen molar-refractivity contribution in [1.82, 2.24) is 0 Å². The summed E-state index contributed by atoms with van der Waals surface area (Å²) in [7, 11) is 1.27. The van der Waals surface area contributed by atoms with E-state index in [1.54, 1.807) is 0 Å². The molecule has 0 aliphatic rings. The Labute approximate surface area is 47.6 Å². The second-order valence-electron chi connectivity index (χ2n) is 0.983. The minimum atomic E-state index is -0.469. The molecule has 0 aliphatic carbocycles. The Morgan fingerprint density at radius 2 is 2.50 bits per heavy atom. The van der Waals surface area contributed by atoms with E-state index in [1.165, 1.54) is 7.11 Å². The molecule has 0 aromatic heterocycles. The quantitative estimate of drug-likeness (QED) is 0.367. The highest BCUT2D eigenvalue weighted by atomic mass is 16.6. The van der Waals surface area contributed by atoms with Crippen LogP contribution in [0.3, 0.4) is 0 Å². The smallest absolute Gasteiger partial charge is 0.345 e. The predicted molar refractivity (Wildman–Crippen MR) is 26.8 cm³/mol. The first-order valence-corrected chi connectivity index (χ1v) is 1.95. The van der Waals surface area contributed by atoms with E-state index in [-0.39, 0.29) is 6.61 Å². The van der Waals surface area contributed by atoms with Gasteiger partial charge in [0.1, 0.15) is 6.11 Å². The van der Waals surface area contributed by atoms with Crippen molar-refractivity contribution in [1.29, 1.82) is 0 Å². The van der Waals surface area contributed by atoms with Gasteiger partial charge in [0.05, 0.1) is 7.11 Å². The molecule has 0 fully saturated rings. The molecule has 3 heteroatoms. The highest BCUT2D eigenvalue weighted by molar-refractivity contribution is 5.70. The van der Waals surface area contributed by atoms with Gasteiger partial charge in [0.15, 0.2) is 6.61 Å². The van der Waals surface area contributed by atoms with Crippen molar-refractivity contribution < 1.29 is 14.3 Å². The van der Waals surface area contributed by atoms with Crippen molar-refractivity contribution >= 4 is 5.97 Å². The van der Waals surface area contributed by atoms with E-state index in [0.29, 0.717) is 0 Å². The number of carbonyl (C=O) groups is 1. The molecule has 0 rings (SSSR count). The Morgan fingerprint density at radius 1 is 1.88 bits per heavy atom. The number of hydrogen-bond donors (Lipinski definition) is 0. The van der Waals surface area contributed by atoms with E-state index in [1.807, 2.05) is 6.11 Å². The monoisotopic (exact) mass is 114 g/mol. The zero-order chi connectivity index (χ0) is 6.41. The number of carbonyl (C=O) groups excluding carboxylic acids is 1. The Bertz CT molecular complexity index is 111. The zero-order valence-electron chi connectivity index (χ0n) is 4.51. The number of esters is 1. The zero-order valence-corrected chi connectivity index (χ0v) is 4.51. The van der Waals surface area contributed by atoms with Crippen molar-refractivity contribution in [3.05, 3.63) is 0 Å². The molecule has 3 nitrogen and oxygen atoms in total. The normalized spacial score (nSPS) is 7.00. The standard InChI is InChI=1S/C5H6O3/c1-3-8-4-5(6)7-2/h1H,4H2,2H3. The van der Waals surface area contributed by atoms with E-state index in [0.717, 1.165) is 0 Å². The summed E-state index contributed by atoms with van der Waals surface area (Å²) in [6.07, 6.45) is 6.48. The summed E-state index contributed by atoms with van der Waals surface area (Å²) in [6.45, 7) is -0.174. The molecular formula is C5H6O3. The van der Waals surface area contributed by atoms with Gasteiger partial charge in [-0.1, -0.05) is 6.42 Å². The van der Waals surface area contributed by atoms with E-state index >= 15 is 0 Å². The van der Waals surface area contributed by atoms with Crippen LogP contribution in [-0.2, 0) is 14.3 Å². The van der Waals surface area contributed by atoms with Crippen LogP contribution in [0.2, 0.25) is 0 Å². The van der Waals surface area contributed by atoms with Crippen LogP contribution in [0.25, 0.3) is 0 Å². The molecule has 0 heterocycles. The molecule has 44 valence electrons. The Hall–Kier alpha value is -1.17. The molecule has 0 saturated heterocycles. The molecule has 0 aromatic carbocycles. The third-order valence-electron chi connectivity index (χ3n) is 0.501. The van der Waals surface area contributed by atoms with Gasteiger partial charge in [-0.15, -0.1) is 0 Å². The fraction of sp³-hybridized carbons (Fsp3) is 0.400. The first-order chi connectivity index (χ1) is 3.81. The van der Waals surface area contributed by atoms with Gasteiger partial charge in [0.2, 0.25) is 0 Å². The summed E-state index contributed by atoms with van der Waals surface area (Å²) < 4.78 is 8.43. The molecule has 0 amide bonds. The number of hydrogen-bond acceptors (Lipinski definition) is 3. The molecule has 8 heavy (non-hydrogen) atoms. The van der Waals surface area contributed by atoms with Gasteiger partial charge in [-0.2, -0.15) is 0 Å². The molecule has 0 spiro atoms. The molecular weight excluding hydrogens is 108 g/mol. The first kappa shape index (κ1) is 6.83. The van der Waals surface area contributed by atoms with Gasteiger partial charge in [-0.3, -0.25) is 0 Å². The molecule has 0 atom stereocenters. The average Bonchev–Trinajstić information content (AvgIpc) is 1.83. The van der Waals surface area contributed by atoms with Gasteiger partial charge in [-0.05, 0) is 0 Å². The summed E-state index contributed by atoms with van der Waals surface area (Å²) in [5.41, 5.74) is 0. The van der Waals surface area contributed by atoms with Crippen LogP contribution < -0.4 is 0 Å². The Balaban J connectivity index is 3.15. The number of rotatable bonds is 2. The lowest BCUT2D eigenvalue weighted by Gasteiger charge is -1.93. The third kappa shape index (κ3) is 3.04. The van der Waals surface area contributed by atoms with Gasteiger partial charge in [0, 0.05) is 0 Å². The average molecular weight is 114 g/mol. The lowest BCUT2D eigenvalue weighted by Crippen LogP contribution is -2.07. The van der Waals surface area contributed by atoms with Gasteiger partial charge in [0.25, 0.3) is 0 Å². The van der Waals surface area contributed by atoms with Crippen molar-refractivity contribution in [3.63, 3.8) is 0 Å². The molecule has 0 aromatic rings. The van der Waals surface area contributed by atoms with Gasteiger partial charge < -0.3 is 9.47 Å². The maximum Gasteiger partial charge on any atom is 0.345 e. The summed E-state index contributed by atoms with van der Waals surface area (Å²) >= 11 is 0. The van der Waals surface area contributed by atoms with Crippen molar-refractivity contribution in [2.45, 2.75) is 0 Å². The van der Waals surface area contributed by atoms with Crippen LogP contribution in [0.15, 0.2) is 0 Å². The predicted octanol–water partition coefficient (Wildman–Crippen LogP) is -0.233. The highest BCUT2D eigenvalue weighted by Crippen LogP contribution is 1.73. The Morgan fingerprint density at radius 3 is 2.88 bits per heavy atom. The number of ether oxygens (including phenoxy) is 2. The van der Waals surface area contributed by atoms with Crippen LogP contribution in [0.5, 0.6) is 0 Å². The SMILES string of the molecule is C#COCC(=O)OC. The molecule has 0 radical (unpaired) electrons. The Kier molecular flexibility index (Phi) is 3.42. The summed E-state index contributed by atoms with van der Waals surface area (Å²) in [6, 6.07) is 0. The van der Waals surface area contributed by atoms with Gasteiger partial charge in [-0.25, -0.2) is 4.79 Å². The van der Waals surface area contributed by atoms with Crippen LogP contribution in [0.1, 0.15) is 0 Å². The lowest BCUT2D eigenvalue weighted by molar-refractivity contribution is -0.143. The molecule has 0 N–H and O–H groups in total. The first-order valence-electron chi connectivity index (χ1n) is 1.95. The van der Waals surface area contributed by atoms with E-state index in [2.05, 4.69) is 15.9 Å². The fourth-order valence-electron chi connectivity index (χ4n) is 0.160. The van der Waals surface area contributed by atoms with Crippen molar-refractivity contribution in [2.24, 2.45) is 0 Å². The van der Waals surface area contributed by atoms with Crippen LogP contribution in [0.4, 0.5) is 0 Å². The highest BCUT2D eigenvalue weighted by Gasteiger charge is 1.95. The largest absolute Gasteiger partial charge is 0.466 e. The number of terminal acetylenes is 1. The van der Waals surface area contributed by atoms with Crippen LogP contribution in [-0.4, -0.2) is 19.7 Å². The fourth-order valence-corrected chi connectivity index (χ4v) is 0.160. The van der Waals surface area contributed by atoms with Gasteiger partial charge >= 0.3 is 5.97 Å². The summed E-state index contributed by atoms with van der Waals surface area (Å²) in [5, 5.41) is 0. The summed E-state index contributed by atoms with van der Waals surface area (Å²) in [4.78, 5) is 10.1. The van der Waals surface area contributed by atoms with Crippen LogP contribution in [0, 0.1) is 12.5 Å². The lowest BCUT2D eigenvalue weighted by atomic mass is 10.7. The van der Waals surface area contributed by atoms with Crippen molar-refractivity contribution in [3.8, 4) is 12.5 Å². The third-order valence-corrected chi connectivity index (χ3v) is 0.501. The molecule has 0 unspecified atom stereocenters.